The minimum absolute atomic E-state index is 0.0188. The Morgan fingerprint density at radius 3 is 2.81 bits per heavy atom. The summed E-state index contributed by atoms with van der Waals surface area (Å²) in [7, 11) is 0. The Morgan fingerprint density at radius 2 is 2.24 bits per heavy atom. The molecule has 0 aliphatic carbocycles. The van der Waals surface area contributed by atoms with Crippen molar-refractivity contribution in [2.75, 3.05) is 0 Å². The van der Waals surface area contributed by atoms with Crippen molar-refractivity contribution >= 4 is 11.9 Å². The van der Waals surface area contributed by atoms with Gasteiger partial charge >= 0.3 is 5.97 Å². The first-order chi connectivity index (χ1) is 10.1. The topological polar surface area (TPSA) is 110 Å². The van der Waals surface area contributed by atoms with Crippen molar-refractivity contribution in [1.82, 2.24) is 25.1 Å². The highest BCUT2D eigenvalue weighted by molar-refractivity contribution is 5.94. The van der Waals surface area contributed by atoms with Crippen LogP contribution in [-0.2, 0) is 4.79 Å². The average molecular weight is 289 g/mol. The summed E-state index contributed by atoms with van der Waals surface area (Å²) in [5, 5.41) is 15.3. The van der Waals surface area contributed by atoms with Gasteiger partial charge in [0.2, 0.25) is 0 Å². The first-order valence-electron chi connectivity index (χ1n) is 6.40. The number of nitrogens with one attached hydrogen (secondary N) is 1. The number of pyridine rings is 1. The lowest BCUT2D eigenvalue weighted by Gasteiger charge is -2.12. The molecule has 0 bridgehead atoms. The van der Waals surface area contributed by atoms with E-state index in [1.165, 1.54) is 23.5 Å². The monoisotopic (exact) mass is 289 g/mol. The maximum absolute atomic E-state index is 12.0. The Kier molecular flexibility index (Phi) is 4.60. The Hall–Kier alpha value is -2.77. The molecule has 1 unspecified atom stereocenters. The lowest BCUT2D eigenvalue weighted by Crippen LogP contribution is -2.33. The van der Waals surface area contributed by atoms with E-state index < -0.39 is 5.97 Å². The fourth-order valence-electron chi connectivity index (χ4n) is 1.70. The van der Waals surface area contributed by atoms with Gasteiger partial charge in [-0.05, 0) is 25.5 Å². The second-order valence-corrected chi connectivity index (χ2v) is 4.55. The van der Waals surface area contributed by atoms with Gasteiger partial charge in [0.05, 0.1) is 5.56 Å². The second-order valence-electron chi connectivity index (χ2n) is 4.55. The van der Waals surface area contributed by atoms with Gasteiger partial charge in [-0.2, -0.15) is 5.10 Å². The smallest absolute Gasteiger partial charge is 0.303 e. The fourth-order valence-corrected chi connectivity index (χ4v) is 1.70. The average Bonchev–Trinajstić information content (AvgIpc) is 2.99. The van der Waals surface area contributed by atoms with E-state index in [0.29, 0.717) is 17.8 Å². The molecule has 0 saturated carbocycles. The summed E-state index contributed by atoms with van der Waals surface area (Å²) < 4.78 is 1.48. The number of carbonyl (C=O) groups is 2. The highest BCUT2D eigenvalue weighted by Gasteiger charge is 2.11. The van der Waals surface area contributed by atoms with Crippen molar-refractivity contribution in [3.8, 4) is 5.82 Å². The summed E-state index contributed by atoms with van der Waals surface area (Å²) in [5.74, 6) is -0.608. The van der Waals surface area contributed by atoms with Crippen LogP contribution in [0.1, 0.15) is 30.1 Å². The van der Waals surface area contributed by atoms with Crippen molar-refractivity contribution in [1.29, 1.82) is 0 Å². The first-order valence-corrected chi connectivity index (χ1v) is 6.40. The molecule has 0 fully saturated rings. The number of nitrogens with zero attached hydrogens (tertiary/aromatic N) is 4. The van der Waals surface area contributed by atoms with Gasteiger partial charge in [-0.3, -0.25) is 9.59 Å². The lowest BCUT2D eigenvalue weighted by atomic mass is 10.1. The van der Waals surface area contributed by atoms with Crippen LogP contribution in [0.15, 0.2) is 31.0 Å². The summed E-state index contributed by atoms with van der Waals surface area (Å²) in [4.78, 5) is 30.4. The molecule has 21 heavy (non-hydrogen) atoms. The number of carboxylic acids is 1. The molecule has 2 N–H and O–H groups in total. The minimum Gasteiger partial charge on any atom is -0.481 e. The van der Waals surface area contributed by atoms with Crippen molar-refractivity contribution in [3.63, 3.8) is 0 Å². The third-order valence-corrected chi connectivity index (χ3v) is 2.83. The SMILES string of the molecule is CC(CCC(=O)O)NC(=O)c1ccc(-n2cncn2)nc1. The number of carboxylic acid groups (broad SMARTS) is 1. The van der Waals surface area contributed by atoms with Crippen LogP contribution in [0.25, 0.3) is 5.82 Å². The molecule has 0 aromatic carbocycles. The van der Waals surface area contributed by atoms with Crippen LogP contribution in [0.4, 0.5) is 0 Å². The molecule has 110 valence electrons. The molecule has 2 aromatic heterocycles. The molecular weight excluding hydrogens is 274 g/mol. The summed E-state index contributed by atoms with van der Waals surface area (Å²) in [6.07, 6.45) is 4.75. The van der Waals surface area contributed by atoms with E-state index in [-0.39, 0.29) is 18.4 Å². The van der Waals surface area contributed by atoms with Gasteiger partial charge in [-0.15, -0.1) is 0 Å². The number of rotatable bonds is 6. The van der Waals surface area contributed by atoms with E-state index in [2.05, 4.69) is 20.4 Å². The largest absolute Gasteiger partial charge is 0.481 e. The molecule has 0 aliphatic rings. The van der Waals surface area contributed by atoms with Crippen LogP contribution in [0.5, 0.6) is 0 Å². The zero-order chi connectivity index (χ0) is 15.2. The summed E-state index contributed by atoms with van der Waals surface area (Å²) in [5.41, 5.74) is 0.404. The Labute approximate surface area is 120 Å². The van der Waals surface area contributed by atoms with Crippen LogP contribution in [0.2, 0.25) is 0 Å². The number of aliphatic carboxylic acids is 1. The molecule has 0 aliphatic heterocycles. The highest BCUT2D eigenvalue weighted by atomic mass is 16.4. The summed E-state index contributed by atoms with van der Waals surface area (Å²) >= 11 is 0. The molecule has 0 saturated heterocycles. The van der Waals surface area contributed by atoms with Crippen LogP contribution < -0.4 is 5.32 Å². The number of hydrogen-bond acceptors (Lipinski definition) is 5. The molecular formula is C13H15N5O3. The molecule has 0 radical (unpaired) electrons. The number of aromatic nitrogens is 4. The van der Waals surface area contributed by atoms with Gasteiger partial charge in [0.25, 0.3) is 5.91 Å². The Bertz CT molecular complexity index is 609. The van der Waals surface area contributed by atoms with Crippen molar-refractivity contribution in [2.45, 2.75) is 25.8 Å². The van der Waals surface area contributed by atoms with Gasteiger partial charge in [-0.25, -0.2) is 14.6 Å². The summed E-state index contributed by atoms with van der Waals surface area (Å²) in [6.45, 7) is 1.76. The molecule has 2 heterocycles. The Morgan fingerprint density at radius 1 is 1.43 bits per heavy atom. The zero-order valence-corrected chi connectivity index (χ0v) is 11.4. The number of amides is 1. The van der Waals surface area contributed by atoms with Crippen molar-refractivity contribution in [3.05, 3.63) is 36.5 Å². The summed E-state index contributed by atoms with van der Waals surface area (Å²) in [6, 6.07) is 3.07. The standard InChI is InChI=1S/C13H15N5O3/c1-9(2-5-12(19)20)17-13(21)10-3-4-11(15-6-10)18-8-14-7-16-18/h3-4,6-9H,2,5H2,1H3,(H,17,21)(H,19,20). The van der Waals surface area contributed by atoms with E-state index in [4.69, 9.17) is 5.11 Å². The van der Waals surface area contributed by atoms with Crippen LogP contribution >= 0.6 is 0 Å². The maximum atomic E-state index is 12.0. The first kappa shape index (κ1) is 14.6. The van der Waals surface area contributed by atoms with Crippen LogP contribution in [0.3, 0.4) is 0 Å². The normalized spacial score (nSPS) is 11.9. The van der Waals surface area contributed by atoms with Gasteiger partial charge in [-0.1, -0.05) is 0 Å². The number of carbonyl (C=O) groups excluding carboxylic acids is 1. The van der Waals surface area contributed by atoms with E-state index in [9.17, 15) is 9.59 Å². The Balaban J connectivity index is 1.95. The minimum atomic E-state index is -0.880. The van der Waals surface area contributed by atoms with Gasteiger partial charge in [0.15, 0.2) is 5.82 Å². The molecule has 1 amide bonds. The van der Waals surface area contributed by atoms with Gasteiger partial charge in [0, 0.05) is 18.7 Å². The highest BCUT2D eigenvalue weighted by Crippen LogP contribution is 2.05. The third-order valence-electron chi connectivity index (χ3n) is 2.83. The predicted molar refractivity (Wildman–Crippen MR) is 73.0 cm³/mol. The van der Waals surface area contributed by atoms with Gasteiger partial charge in [0.1, 0.15) is 12.7 Å². The van der Waals surface area contributed by atoms with E-state index in [1.54, 1.807) is 19.1 Å². The quantitative estimate of drug-likeness (QED) is 0.807. The van der Waals surface area contributed by atoms with Crippen molar-refractivity contribution < 1.29 is 14.7 Å². The predicted octanol–water partition coefficient (Wildman–Crippen LogP) is 0.645. The molecule has 2 aromatic rings. The third kappa shape index (κ3) is 4.10. The fraction of sp³-hybridized carbons (Fsp3) is 0.308. The van der Waals surface area contributed by atoms with Crippen LogP contribution in [0, 0.1) is 0 Å². The maximum Gasteiger partial charge on any atom is 0.303 e. The number of hydrogen-bond donors (Lipinski definition) is 2. The van der Waals surface area contributed by atoms with Gasteiger partial charge < -0.3 is 10.4 Å². The molecule has 8 nitrogen and oxygen atoms in total. The van der Waals surface area contributed by atoms with E-state index in [1.807, 2.05) is 0 Å². The molecule has 2 rings (SSSR count). The van der Waals surface area contributed by atoms with Crippen LogP contribution in [-0.4, -0.2) is 42.8 Å². The van der Waals surface area contributed by atoms with E-state index >= 15 is 0 Å². The zero-order valence-electron chi connectivity index (χ0n) is 11.4. The van der Waals surface area contributed by atoms with Crippen molar-refractivity contribution in [2.24, 2.45) is 0 Å². The molecule has 0 spiro atoms. The van der Waals surface area contributed by atoms with E-state index in [0.717, 1.165) is 0 Å². The second kappa shape index (κ2) is 6.60. The lowest BCUT2D eigenvalue weighted by molar-refractivity contribution is -0.137. The molecule has 1 atom stereocenters. The molecule has 8 heteroatoms.